The van der Waals surface area contributed by atoms with Crippen molar-refractivity contribution in [2.75, 3.05) is 25.4 Å². The third kappa shape index (κ3) is 6.85. The zero-order valence-corrected chi connectivity index (χ0v) is 14.1. The summed E-state index contributed by atoms with van der Waals surface area (Å²) in [5.41, 5.74) is 6.20. The van der Waals surface area contributed by atoms with Crippen molar-refractivity contribution in [1.29, 1.82) is 0 Å². The van der Waals surface area contributed by atoms with E-state index in [0.29, 0.717) is 44.9 Å². The van der Waals surface area contributed by atoms with E-state index in [4.69, 9.17) is 10.5 Å². The Bertz CT molecular complexity index is 603. The Labute approximate surface area is 137 Å². The summed E-state index contributed by atoms with van der Waals surface area (Å²) < 4.78 is 45.3. The molecule has 130 valence electrons. The summed E-state index contributed by atoms with van der Waals surface area (Å²) in [7, 11) is -3.27. The van der Waals surface area contributed by atoms with Crippen LogP contribution in [0.3, 0.4) is 0 Å². The second kappa shape index (κ2) is 8.61. The molecule has 0 heterocycles. The second-order valence-corrected chi connectivity index (χ2v) is 7.90. The van der Waals surface area contributed by atoms with E-state index in [9.17, 15) is 12.8 Å². The number of rotatable bonds is 11. The Morgan fingerprint density at radius 2 is 2.09 bits per heavy atom. The lowest BCUT2D eigenvalue weighted by Gasteiger charge is -2.10. The first-order valence-electron chi connectivity index (χ1n) is 8.09. The van der Waals surface area contributed by atoms with E-state index in [1.807, 2.05) is 0 Å². The molecule has 23 heavy (non-hydrogen) atoms. The average Bonchev–Trinajstić information content (AvgIpc) is 3.32. The molecule has 5 nitrogen and oxygen atoms in total. The van der Waals surface area contributed by atoms with Gasteiger partial charge in [-0.1, -0.05) is 6.07 Å². The van der Waals surface area contributed by atoms with Crippen LogP contribution in [-0.4, -0.2) is 33.9 Å². The molecule has 0 spiro atoms. The summed E-state index contributed by atoms with van der Waals surface area (Å²) in [6.07, 6.45) is 4.04. The summed E-state index contributed by atoms with van der Waals surface area (Å²) in [4.78, 5) is 0. The molecule has 0 amide bonds. The van der Waals surface area contributed by atoms with E-state index in [0.717, 1.165) is 18.4 Å². The van der Waals surface area contributed by atoms with E-state index >= 15 is 0 Å². The molecule has 1 aromatic carbocycles. The number of nitrogens with one attached hydrogen (secondary N) is 1. The fourth-order valence-electron chi connectivity index (χ4n) is 2.17. The lowest BCUT2D eigenvalue weighted by atomic mass is 10.1. The highest BCUT2D eigenvalue weighted by Crippen LogP contribution is 2.30. The number of nitrogens with two attached hydrogens (primary N) is 1. The molecule has 2 rings (SSSR count). The van der Waals surface area contributed by atoms with Crippen LogP contribution in [0.15, 0.2) is 18.2 Å². The van der Waals surface area contributed by atoms with Crippen molar-refractivity contribution in [2.45, 2.75) is 32.1 Å². The third-order valence-electron chi connectivity index (χ3n) is 3.77. The summed E-state index contributed by atoms with van der Waals surface area (Å²) in [6, 6.07) is 4.68. The molecule has 1 aliphatic carbocycles. The van der Waals surface area contributed by atoms with Crippen LogP contribution in [0.2, 0.25) is 0 Å². The highest BCUT2D eigenvalue weighted by atomic mass is 32.2. The monoisotopic (exact) mass is 344 g/mol. The highest BCUT2D eigenvalue weighted by molar-refractivity contribution is 7.89. The number of ether oxygens (including phenoxy) is 1. The van der Waals surface area contributed by atoms with Crippen molar-refractivity contribution < 1.29 is 17.5 Å². The molecule has 1 aromatic rings. The van der Waals surface area contributed by atoms with Crippen LogP contribution >= 0.6 is 0 Å². The average molecular weight is 344 g/mol. The topological polar surface area (TPSA) is 81.4 Å². The number of hydrogen-bond acceptors (Lipinski definition) is 4. The summed E-state index contributed by atoms with van der Waals surface area (Å²) >= 11 is 0. The van der Waals surface area contributed by atoms with Gasteiger partial charge in [0, 0.05) is 6.54 Å². The predicted molar refractivity (Wildman–Crippen MR) is 88.4 cm³/mol. The predicted octanol–water partition coefficient (Wildman–Crippen LogP) is 1.82. The van der Waals surface area contributed by atoms with Crippen LogP contribution in [-0.2, 0) is 16.4 Å². The maximum absolute atomic E-state index is 13.7. The summed E-state index contributed by atoms with van der Waals surface area (Å²) in [5, 5.41) is 0. The first-order valence-corrected chi connectivity index (χ1v) is 9.74. The van der Waals surface area contributed by atoms with Gasteiger partial charge in [0.15, 0.2) is 11.6 Å². The largest absolute Gasteiger partial charge is 0.490 e. The molecule has 3 N–H and O–H groups in total. The van der Waals surface area contributed by atoms with E-state index in [1.165, 1.54) is 6.07 Å². The van der Waals surface area contributed by atoms with E-state index in [1.54, 1.807) is 12.1 Å². The van der Waals surface area contributed by atoms with Crippen LogP contribution < -0.4 is 15.2 Å². The Morgan fingerprint density at radius 3 is 2.78 bits per heavy atom. The number of halogens is 1. The minimum Gasteiger partial charge on any atom is -0.490 e. The van der Waals surface area contributed by atoms with Gasteiger partial charge in [0.25, 0.3) is 0 Å². The summed E-state index contributed by atoms with van der Waals surface area (Å²) in [5.74, 6) is 0.513. The number of sulfonamides is 1. The smallest absolute Gasteiger partial charge is 0.211 e. The molecule has 1 saturated carbocycles. The molecule has 0 aliphatic heterocycles. The number of unbranched alkanes of at least 4 members (excludes halogenated alkanes) is 1. The molecule has 0 atom stereocenters. The molecule has 0 saturated heterocycles. The Kier molecular flexibility index (Phi) is 6.80. The zero-order valence-electron chi connectivity index (χ0n) is 13.3. The molecule has 0 radical (unpaired) electrons. The van der Waals surface area contributed by atoms with Gasteiger partial charge in [-0.15, -0.1) is 0 Å². The normalized spacial score (nSPS) is 14.9. The van der Waals surface area contributed by atoms with Crippen LogP contribution in [0.25, 0.3) is 0 Å². The highest BCUT2D eigenvalue weighted by Gasteiger charge is 2.22. The van der Waals surface area contributed by atoms with Crippen LogP contribution in [0, 0.1) is 11.7 Å². The van der Waals surface area contributed by atoms with Gasteiger partial charge in [0.1, 0.15) is 0 Å². The van der Waals surface area contributed by atoms with Crippen LogP contribution in [0.4, 0.5) is 4.39 Å². The molecular formula is C16H25FN2O3S. The minimum absolute atomic E-state index is 0.0867. The quantitative estimate of drug-likeness (QED) is 0.600. The Balaban J connectivity index is 1.79. The fraction of sp³-hybridized carbons (Fsp3) is 0.625. The van der Waals surface area contributed by atoms with Crippen molar-refractivity contribution >= 4 is 10.0 Å². The molecule has 7 heteroatoms. The Morgan fingerprint density at radius 1 is 1.30 bits per heavy atom. The van der Waals surface area contributed by atoms with Gasteiger partial charge < -0.3 is 10.5 Å². The number of benzene rings is 1. The third-order valence-corrected chi connectivity index (χ3v) is 5.24. The first-order chi connectivity index (χ1) is 11.0. The van der Waals surface area contributed by atoms with Gasteiger partial charge in [-0.2, -0.15) is 0 Å². The van der Waals surface area contributed by atoms with E-state index in [2.05, 4.69) is 4.72 Å². The van der Waals surface area contributed by atoms with Crippen molar-refractivity contribution in [3.63, 3.8) is 0 Å². The Hall–Kier alpha value is -1.18. The van der Waals surface area contributed by atoms with Gasteiger partial charge in [-0.05, 0) is 62.3 Å². The molecule has 1 fully saturated rings. The van der Waals surface area contributed by atoms with Crippen LogP contribution in [0.5, 0.6) is 5.75 Å². The van der Waals surface area contributed by atoms with Crippen molar-refractivity contribution in [3.8, 4) is 5.75 Å². The lowest BCUT2D eigenvalue weighted by Crippen LogP contribution is -2.28. The summed E-state index contributed by atoms with van der Waals surface area (Å²) in [6.45, 7) is 1.33. The minimum atomic E-state index is -3.27. The van der Waals surface area contributed by atoms with Gasteiger partial charge >= 0.3 is 0 Å². The van der Waals surface area contributed by atoms with Gasteiger partial charge in [-0.25, -0.2) is 17.5 Å². The SMILES string of the molecule is NCCCCS(=O)(=O)NCCc1ccc(F)c(OCC2CC2)c1. The van der Waals surface area contributed by atoms with Crippen molar-refractivity contribution in [2.24, 2.45) is 11.7 Å². The number of hydrogen-bond donors (Lipinski definition) is 2. The zero-order chi connectivity index (χ0) is 16.7. The first kappa shape index (κ1) is 18.2. The molecule has 0 unspecified atom stereocenters. The molecule has 0 bridgehead atoms. The van der Waals surface area contributed by atoms with Gasteiger partial charge in [-0.3, -0.25) is 0 Å². The van der Waals surface area contributed by atoms with E-state index in [-0.39, 0.29) is 17.3 Å². The lowest BCUT2D eigenvalue weighted by molar-refractivity contribution is 0.285. The van der Waals surface area contributed by atoms with Gasteiger partial charge in [0.2, 0.25) is 10.0 Å². The molecule has 1 aliphatic rings. The second-order valence-electron chi connectivity index (χ2n) is 5.98. The van der Waals surface area contributed by atoms with Crippen molar-refractivity contribution in [1.82, 2.24) is 4.72 Å². The maximum Gasteiger partial charge on any atom is 0.211 e. The van der Waals surface area contributed by atoms with Gasteiger partial charge in [0.05, 0.1) is 12.4 Å². The van der Waals surface area contributed by atoms with Crippen molar-refractivity contribution in [3.05, 3.63) is 29.6 Å². The standard InChI is InChI=1S/C16H25FN2O3S/c17-15-6-5-13(11-16(15)22-12-14-3-4-14)7-9-19-23(20,21)10-2-1-8-18/h5-6,11,14,19H,1-4,7-10,12,18H2. The molecule has 0 aromatic heterocycles. The molecular weight excluding hydrogens is 319 g/mol. The fourth-order valence-corrected chi connectivity index (χ4v) is 3.31. The van der Waals surface area contributed by atoms with E-state index < -0.39 is 10.0 Å². The van der Waals surface area contributed by atoms with Crippen LogP contribution in [0.1, 0.15) is 31.2 Å². The maximum atomic E-state index is 13.7.